The Morgan fingerprint density at radius 1 is 1.17 bits per heavy atom. The first kappa shape index (κ1) is 17.3. The minimum absolute atomic E-state index is 0.0273. The molecule has 0 aliphatic heterocycles. The number of carbonyl (C=O) groups is 1. The number of sulfone groups is 1. The number of benzene rings is 2. The Bertz CT molecular complexity index is 862. The minimum atomic E-state index is -3.51. The van der Waals surface area contributed by atoms with Crippen LogP contribution in [0.2, 0.25) is 5.02 Å². The molecule has 122 valence electrons. The van der Waals surface area contributed by atoms with E-state index in [2.05, 4.69) is 5.32 Å². The molecule has 1 N–H and O–H groups in total. The van der Waals surface area contributed by atoms with E-state index in [9.17, 15) is 13.2 Å². The molecule has 7 heteroatoms. The van der Waals surface area contributed by atoms with Crippen LogP contribution < -0.4 is 10.1 Å². The van der Waals surface area contributed by atoms with Gasteiger partial charge in [-0.1, -0.05) is 11.6 Å². The molecule has 0 bridgehead atoms. The molecular weight excluding hydrogens is 338 g/mol. The Morgan fingerprint density at radius 3 is 2.43 bits per heavy atom. The fourth-order valence-corrected chi connectivity index (χ4v) is 3.15. The van der Waals surface area contributed by atoms with Crippen LogP contribution in [0.5, 0.6) is 5.75 Å². The van der Waals surface area contributed by atoms with Crippen LogP contribution in [0.4, 0.5) is 5.69 Å². The molecule has 5 nitrogen and oxygen atoms in total. The van der Waals surface area contributed by atoms with Gasteiger partial charge in [-0.3, -0.25) is 4.79 Å². The highest BCUT2D eigenvalue weighted by Gasteiger charge is 2.18. The third kappa shape index (κ3) is 4.03. The highest BCUT2D eigenvalue weighted by atomic mass is 35.5. The summed E-state index contributed by atoms with van der Waals surface area (Å²) in [5.41, 5.74) is 1.64. The van der Waals surface area contributed by atoms with Crippen molar-refractivity contribution in [2.24, 2.45) is 0 Å². The fraction of sp³-hybridized carbons (Fsp3) is 0.188. The average Bonchev–Trinajstić information content (AvgIpc) is 2.48. The summed E-state index contributed by atoms with van der Waals surface area (Å²) in [7, 11) is -2.13. The highest BCUT2D eigenvalue weighted by molar-refractivity contribution is 7.90. The Hall–Kier alpha value is -2.05. The van der Waals surface area contributed by atoms with Crippen molar-refractivity contribution in [3.8, 4) is 5.75 Å². The van der Waals surface area contributed by atoms with Crippen molar-refractivity contribution < 1.29 is 17.9 Å². The molecule has 0 saturated heterocycles. The predicted molar refractivity (Wildman–Crippen MR) is 90.2 cm³/mol. The molecule has 0 spiro atoms. The number of halogens is 1. The van der Waals surface area contributed by atoms with E-state index in [1.807, 2.05) is 6.92 Å². The molecule has 0 aromatic heterocycles. The molecule has 0 saturated carbocycles. The Kier molecular flexibility index (Phi) is 4.97. The molecule has 2 aromatic rings. The van der Waals surface area contributed by atoms with Crippen molar-refractivity contribution in [3.05, 3.63) is 52.5 Å². The van der Waals surface area contributed by atoms with Crippen LogP contribution in [-0.2, 0) is 9.84 Å². The molecule has 1 amide bonds. The first-order valence-corrected chi connectivity index (χ1v) is 8.95. The van der Waals surface area contributed by atoms with E-state index in [0.717, 1.165) is 11.8 Å². The van der Waals surface area contributed by atoms with Crippen LogP contribution >= 0.6 is 11.6 Å². The molecule has 0 radical (unpaired) electrons. The van der Waals surface area contributed by atoms with Crippen molar-refractivity contribution >= 4 is 33.0 Å². The smallest absolute Gasteiger partial charge is 0.255 e. The van der Waals surface area contributed by atoms with Crippen LogP contribution in [0.15, 0.2) is 41.3 Å². The number of hydrogen-bond donors (Lipinski definition) is 1. The molecule has 0 fully saturated rings. The van der Waals surface area contributed by atoms with E-state index < -0.39 is 15.7 Å². The summed E-state index contributed by atoms with van der Waals surface area (Å²) in [6.45, 7) is 1.82. The molecular formula is C16H16ClNO4S. The number of rotatable bonds is 4. The van der Waals surface area contributed by atoms with Gasteiger partial charge >= 0.3 is 0 Å². The van der Waals surface area contributed by atoms with Gasteiger partial charge in [0.1, 0.15) is 10.6 Å². The van der Waals surface area contributed by atoms with Gasteiger partial charge in [0.15, 0.2) is 9.84 Å². The fourth-order valence-electron chi connectivity index (χ4n) is 2.07. The zero-order valence-electron chi connectivity index (χ0n) is 12.9. The molecule has 23 heavy (non-hydrogen) atoms. The molecule has 0 aliphatic rings. The van der Waals surface area contributed by atoms with Crippen molar-refractivity contribution in [2.75, 3.05) is 18.7 Å². The van der Waals surface area contributed by atoms with E-state index in [4.69, 9.17) is 16.3 Å². The van der Waals surface area contributed by atoms with Crippen LogP contribution in [0, 0.1) is 6.92 Å². The van der Waals surface area contributed by atoms with Gasteiger partial charge in [-0.05, 0) is 48.9 Å². The van der Waals surface area contributed by atoms with Gasteiger partial charge in [0.25, 0.3) is 5.91 Å². The van der Waals surface area contributed by atoms with Gasteiger partial charge < -0.3 is 10.1 Å². The van der Waals surface area contributed by atoms with Gasteiger partial charge in [0, 0.05) is 22.5 Å². The maximum absolute atomic E-state index is 12.4. The third-order valence-corrected chi connectivity index (χ3v) is 4.62. The standard InChI is InChI=1S/C16H16ClNO4S/c1-10-8-12(17)5-6-13(10)18-16(19)11-4-7-14(22-2)15(9-11)23(3,20)21/h4-9H,1-3H3,(H,18,19). The summed E-state index contributed by atoms with van der Waals surface area (Å²) in [4.78, 5) is 12.3. The topological polar surface area (TPSA) is 72.5 Å². The summed E-state index contributed by atoms with van der Waals surface area (Å²) in [6, 6.07) is 9.35. The number of aryl methyl sites for hydroxylation is 1. The number of hydrogen-bond acceptors (Lipinski definition) is 4. The normalized spacial score (nSPS) is 11.1. The van der Waals surface area contributed by atoms with Crippen molar-refractivity contribution in [3.63, 3.8) is 0 Å². The summed E-state index contributed by atoms with van der Waals surface area (Å²) in [5, 5.41) is 3.31. The van der Waals surface area contributed by atoms with Crippen LogP contribution in [0.3, 0.4) is 0 Å². The zero-order chi connectivity index (χ0) is 17.2. The average molecular weight is 354 g/mol. The number of anilines is 1. The number of methoxy groups -OCH3 is 1. The van der Waals surface area contributed by atoms with Crippen LogP contribution in [0.1, 0.15) is 15.9 Å². The Labute approximate surface area is 140 Å². The second kappa shape index (κ2) is 6.60. The molecule has 2 rings (SSSR count). The first-order chi connectivity index (χ1) is 10.7. The maximum Gasteiger partial charge on any atom is 0.255 e. The molecule has 0 heterocycles. The summed E-state index contributed by atoms with van der Waals surface area (Å²) >= 11 is 5.88. The second-order valence-electron chi connectivity index (χ2n) is 5.05. The van der Waals surface area contributed by atoms with Crippen LogP contribution in [-0.4, -0.2) is 27.7 Å². The molecule has 0 aliphatic carbocycles. The van der Waals surface area contributed by atoms with Crippen molar-refractivity contribution in [2.45, 2.75) is 11.8 Å². The quantitative estimate of drug-likeness (QED) is 0.915. The summed E-state index contributed by atoms with van der Waals surface area (Å²) < 4.78 is 28.7. The van der Waals surface area contributed by atoms with E-state index in [1.54, 1.807) is 18.2 Å². The maximum atomic E-state index is 12.4. The number of carbonyl (C=O) groups excluding carboxylic acids is 1. The largest absolute Gasteiger partial charge is 0.495 e. The Balaban J connectivity index is 2.36. The first-order valence-electron chi connectivity index (χ1n) is 6.68. The number of nitrogens with one attached hydrogen (secondary N) is 1. The van der Waals surface area contributed by atoms with Gasteiger partial charge in [0.05, 0.1) is 7.11 Å². The van der Waals surface area contributed by atoms with E-state index in [0.29, 0.717) is 10.7 Å². The lowest BCUT2D eigenvalue weighted by molar-refractivity contribution is 0.102. The van der Waals surface area contributed by atoms with E-state index >= 15 is 0 Å². The highest BCUT2D eigenvalue weighted by Crippen LogP contribution is 2.26. The third-order valence-electron chi connectivity index (χ3n) is 3.26. The zero-order valence-corrected chi connectivity index (χ0v) is 14.5. The van der Waals surface area contributed by atoms with E-state index in [-0.39, 0.29) is 16.2 Å². The van der Waals surface area contributed by atoms with Gasteiger partial charge in [0.2, 0.25) is 0 Å². The van der Waals surface area contributed by atoms with Gasteiger partial charge in [-0.2, -0.15) is 0 Å². The lowest BCUT2D eigenvalue weighted by atomic mass is 10.1. The van der Waals surface area contributed by atoms with Crippen LogP contribution in [0.25, 0.3) is 0 Å². The molecule has 2 aromatic carbocycles. The Morgan fingerprint density at radius 2 is 1.87 bits per heavy atom. The number of ether oxygens (including phenoxy) is 1. The number of amides is 1. The van der Waals surface area contributed by atoms with E-state index in [1.165, 1.54) is 25.3 Å². The lowest BCUT2D eigenvalue weighted by Crippen LogP contribution is -2.14. The summed E-state index contributed by atoms with van der Waals surface area (Å²) in [5.74, 6) is -0.213. The minimum Gasteiger partial charge on any atom is -0.495 e. The molecule has 0 atom stereocenters. The molecule has 0 unspecified atom stereocenters. The predicted octanol–water partition coefficient (Wildman–Crippen LogP) is 3.31. The van der Waals surface area contributed by atoms with Crippen molar-refractivity contribution in [1.82, 2.24) is 0 Å². The monoisotopic (exact) mass is 353 g/mol. The lowest BCUT2D eigenvalue weighted by Gasteiger charge is -2.11. The van der Waals surface area contributed by atoms with Crippen molar-refractivity contribution in [1.29, 1.82) is 0 Å². The van der Waals surface area contributed by atoms with Gasteiger partial charge in [-0.15, -0.1) is 0 Å². The van der Waals surface area contributed by atoms with Gasteiger partial charge in [-0.25, -0.2) is 8.42 Å². The second-order valence-corrected chi connectivity index (χ2v) is 7.47. The SMILES string of the molecule is COc1ccc(C(=O)Nc2ccc(Cl)cc2C)cc1S(C)(=O)=O. The summed E-state index contributed by atoms with van der Waals surface area (Å²) in [6.07, 6.45) is 1.07.